The van der Waals surface area contributed by atoms with E-state index in [9.17, 15) is 35.9 Å². The molecule has 0 radical (unpaired) electrons. The van der Waals surface area contributed by atoms with Crippen LogP contribution in [0.2, 0.25) is 0 Å². The number of nitrogens with zero attached hydrogens (tertiary/aromatic N) is 4. The molecule has 252 valence electrons. The van der Waals surface area contributed by atoms with Gasteiger partial charge in [0.15, 0.2) is 46.5 Å². The minimum atomic E-state index is -2.20. The quantitative estimate of drug-likeness (QED) is 0.0519. The second-order valence-corrected chi connectivity index (χ2v) is 12.4. The molecule has 11 rings (SSSR count). The van der Waals surface area contributed by atoms with E-state index in [0.29, 0.717) is 8.80 Å². The van der Waals surface area contributed by atoms with Crippen LogP contribution in [0.25, 0.3) is 98.0 Å². The highest BCUT2D eigenvalue weighted by atomic mass is 19.2. The van der Waals surface area contributed by atoms with E-state index in [1.165, 1.54) is 24.3 Å². The van der Waals surface area contributed by atoms with Crippen molar-refractivity contribution in [3.63, 3.8) is 0 Å². The van der Waals surface area contributed by atoms with E-state index in [1.54, 1.807) is 0 Å². The smallest absolute Gasteiger partial charge is 0.264 e. The minimum absolute atomic E-state index is 0.0113. The van der Waals surface area contributed by atoms with E-state index >= 15 is 17.6 Å². The summed E-state index contributed by atoms with van der Waals surface area (Å²) < 4.78 is 151. The SMILES string of the molecule is O=c1c2ccc3c4c(F)cc5c6c(ccc(c7c(F)cc(c2c37)c2nc3c(F)c(F)c(F)c(F)c3n12)c46)c(=O)n1c5nc2c(F)c(F)c(F)c(F)c21. The van der Waals surface area contributed by atoms with Crippen LogP contribution in [0, 0.1) is 58.2 Å². The maximum Gasteiger partial charge on any atom is 0.264 e. The average molecular weight is 716 g/mol. The van der Waals surface area contributed by atoms with Gasteiger partial charge in [0, 0.05) is 53.9 Å². The minimum Gasteiger partial charge on any atom is -0.268 e. The summed E-state index contributed by atoms with van der Waals surface area (Å²) >= 11 is 0. The fraction of sp³-hybridized carbons (Fsp3) is 0. The van der Waals surface area contributed by atoms with Crippen molar-refractivity contribution in [3.05, 3.63) is 115 Å². The van der Waals surface area contributed by atoms with Gasteiger partial charge < -0.3 is 0 Å². The highest BCUT2D eigenvalue weighted by Crippen LogP contribution is 2.48. The Kier molecular flexibility index (Phi) is 4.95. The summed E-state index contributed by atoms with van der Waals surface area (Å²) in [4.78, 5) is 35.6. The first kappa shape index (κ1) is 29.2. The van der Waals surface area contributed by atoms with Crippen LogP contribution in [-0.2, 0) is 0 Å². The summed E-state index contributed by atoms with van der Waals surface area (Å²) in [6, 6.07) is 6.63. The Bertz CT molecular complexity index is 3450. The van der Waals surface area contributed by atoms with Crippen molar-refractivity contribution in [2.75, 3.05) is 0 Å². The summed E-state index contributed by atoms with van der Waals surface area (Å²) in [5, 5.41) is -1.48. The molecule has 0 spiro atoms. The molecule has 4 aromatic heterocycles. The summed E-state index contributed by atoms with van der Waals surface area (Å²) in [7, 11) is 0. The van der Waals surface area contributed by atoms with Gasteiger partial charge in [0.25, 0.3) is 11.1 Å². The fourth-order valence-corrected chi connectivity index (χ4v) is 8.07. The summed E-state index contributed by atoms with van der Waals surface area (Å²) in [6.45, 7) is 0. The highest BCUT2D eigenvalue weighted by molar-refractivity contribution is 6.41. The van der Waals surface area contributed by atoms with Gasteiger partial charge in [-0.2, -0.15) is 0 Å². The molecule has 4 heterocycles. The first-order chi connectivity index (χ1) is 24.8. The zero-order valence-corrected chi connectivity index (χ0v) is 24.8. The molecule has 0 N–H and O–H groups in total. The molecule has 0 amide bonds. The molecule has 16 heteroatoms. The lowest BCUT2D eigenvalue weighted by atomic mass is 9.85. The van der Waals surface area contributed by atoms with Gasteiger partial charge in [-0.3, -0.25) is 18.4 Å². The normalized spacial score (nSPS) is 13.0. The Hall–Kier alpha value is -6.58. The molecule has 6 nitrogen and oxygen atoms in total. The van der Waals surface area contributed by atoms with Gasteiger partial charge in [0.1, 0.15) is 45.0 Å². The van der Waals surface area contributed by atoms with Crippen LogP contribution < -0.4 is 11.1 Å². The van der Waals surface area contributed by atoms with E-state index in [2.05, 4.69) is 9.97 Å². The Morgan fingerprint density at radius 1 is 0.385 bits per heavy atom. The van der Waals surface area contributed by atoms with E-state index < -0.39 is 103 Å². The van der Waals surface area contributed by atoms with Gasteiger partial charge in [-0.05, 0) is 35.0 Å². The monoisotopic (exact) mass is 716 g/mol. The summed E-state index contributed by atoms with van der Waals surface area (Å²) in [6.07, 6.45) is 0. The lowest BCUT2D eigenvalue weighted by molar-refractivity contribution is 0.416. The van der Waals surface area contributed by atoms with Crippen molar-refractivity contribution in [2.45, 2.75) is 0 Å². The van der Waals surface area contributed by atoms with Crippen LogP contribution in [0.5, 0.6) is 0 Å². The van der Waals surface area contributed by atoms with Crippen LogP contribution in [-0.4, -0.2) is 18.8 Å². The molecule has 0 saturated carbocycles. The van der Waals surface area contributed by atoms with Gasteiger partial charge in [0.2, 0.25) is 0 Å². The van der Waals surface area contributed by atoms with Crippen LogP contribution in [0.1, 0.15) is 0 Å². The van der Waals surface area contributed by atoms with Gasteiger partial charge >= 0.3 is 0 Å². The number of imidazole rings is 2. The van der Waals surface area contributed by atoms with Gasteiger partial charge in [-0.1, -0.05) is 12.1 Å². The standard InChI is InChI=1S/C36H6F10N4O2/c37-13-5-12-16-10(36(52)50-32-28(46)24(42)22(40)26(44)30(32)48-34(12)50)4-2-8-18-14(38)6-11-15-9(3-1-7(19(15)18)17(13)20(8)16)35(51)49-31-27(45)23(41)21(39)25(43)29(31)47-33(11)49/h1-6H. The Balaban J connectivity index is 1.39. The second kappa shape index (κ2) is 8.82. The summed E-state index contributed by atoms with van der Waals surface area (Å²) in [5.74, 6) is -18.4. The van der Waals surface area contributed by atoms with E-state index in [4.69, 9.17) is 0 Å². The third-order valence-corrected chi connectivity index (χ3v) is 10.1. The lowest BCUT2D eigenvalue weighted by Gasteiger charge is -2.19. The van der Waals surface area contributed by atoms with Crippen molar-refractivity contribution in [1.29, 1.82) is 0 Å². The molecule has 0 unspecified atom stereocenters. The Labute approximate surface area is 275 Å². The first-order valence-corrected chi connectivity index (χ1v) is 15.0. The van der Waals surface area contributed by atoms with Gasteiger partial charge in [-0.15, -0.1) is 0 Å². The Morgan fingerprint density at radius 2 is 0.731 bits per heavy atom. The lowest BCUT2D eigenvalue weighted by Crippen LogP contribution is -2.15. The molecule has 11 aromatic rings. The predicted octanol–water partition coefficient (Wildman–Crippen LogP) is 8.63. The van der Waals surface area contributed by atoms with Crippen LogP contribution >= 0.6 is 0 Å². The zero-order valence-electron chi connectivity index (χ0n) is 24.8. The first-order valence-electron chi connectivity index (χ1n) is 15.0. The van der Waals surface area contributed by atoms with Crippen molar-refractivity contribution < 1.29 is 43.9 Å². The topological polar surface area (TPSA) is 68.7 Å². The van der Waals surface area contributed by atoms with E-state index in [0.717, 1.165) is 12.1 Å². The molecule has 0 bridgehead atoms. The van der Waals surface area contributed by atoms with Crippen molar-refractivity contribution in [3.8, 4) is 0 Å². The number of pyridine rings is 2. The number of hydrogen-bond acceptors (Lipinski definition) is 4. The van der Waals surface area contributed by atoms with Gasteiger partial charge in [0.05, 0.1) is 0 Å². The molecule has 0 aliphatic heterocycles. The summed E-state index contributed by atoms with van der Waals surface area (Å²) in [5.41, 5.74) is -7.33. The molecular formula is C36H6F10N4O2. The molecular weight excluding hydrogens is 710 g/mol. The molecule has 7 aromatic carbocycles. The molecule has 52 heavy (non-hydrogen) atoms. The van der Waals surface area contributed by atoms with Crippen molar-refractivity contribution in [1.82, 2.24) is 18.8 Å². The van der Waals surface area contributed by atoms with Crippen LogP contribution in [0.15, 0.2) is 46.0 Å². The van der Waals surface area contributed by atoms with E-state index in [1.807, 2.05) is 0 Å². The number of halogens is 10. The molecule has 0 saturated heterocycles. The maximum absolute atomic E-state index is 16.6. The number of fused-ring (bicyclic) bond motifs is 10. The fourth-order valence-electron chi connectivity index (χ4n) is 8.07. The third kappa shape index (κ3) is 2.93. The second-order valence-electron chi connectivity index (χ2n) is 12.4. The molecule has 0 aliphatic rings. The molecule has 0 atom stereocenters. The van der Waals surface area contributed by atoms with Crippen molar-refractivity contribution >= 4 is 98.0 Å². The number of aromatic nitrogens is 4. The van der Waals surface area contributed by atoms with Crippen LogP contribution in [0.4, 0.5) is 43.9 Å². The maximum atomic E-state index is 16.6. The van der Waals surface area contributed by atoms with Gasteiger partial charge in [-0.25, -0.2) is 53.9 Å². The molecule has 0 fully saturated rings. The van der Waals surface area contributed by atoms with E-state index in [-0.39, 0.29) is 64.6 Å². The largest absolute Gasteiger partial charge is 0.268 e. The van der Waals surface area contributed by atoms with Crippen LogP contribution in [0.3, 0.4) is 0 Å². The Morgan fingerprint density at radius 3 is 1.12 bits per heavy atom. The number of hydrogen-bond donors (Lipinski definition) is 0. The van der Waals surface area contributed by atoms with Crippen molar-refractivity contribution in [2.24, 2.45) is 0 Å². The third-order valence-electron chi connectivity index (χ3n) is 10.1. The number of benzene rings is 7. The average Bonchev–Trinajstić information content (AvgIpc) is 3.74. The number of rotatable bonds is 0. The molecule has 0 aliphatic carbocycles. The zero-order chi connectivity index (χ0) is 36.1. The highest BCUT2D eigenvalue weighted by Gasteiger charge is 2.32. The predicted molar refractivity (Wildman–Crippen MR) is 170 cm³/mol.